The lowest BCUT2D eigenvalue weighted by molar-refractivity contribution is -0.134. The molecule has 1 amide bonds. The number of carbonyl (C=O) groups excluding carboxylic acids is 2. The average molecular weight is 313 g/mol. The Kier molecular flexibility index (Phi) is 5.09. The van der Waals surface area contributed by atoms with Gasteiger partial charge in [-0.25, -0.2) is 4.79 Å². The largest absolute Gasteiger partial charge is 0.478 e. The molecule has 0 atom stereocenters. The number of esters is 1. The molecule has 2 aromatic carbocycles. The first kappa shape index (κ1) is 16.2. The lowest BCUT2D eigenvalue weighted by Gasteiger charge is -2.07. The summed E-state index contributed by atoms with van der Waals surface area (Å²) in [6.07, 6.45) is 0.242. The summed E-state index contributed by atoms with van der Waals surface area (Å²) in [5.41, 5.74) is 0.932. The first-order chi connectivity index (χ1) is 11.0. The Labute approximate surface area is 132 Å². The minimum Gasteiger partial charge on any atom is -0.478 e. The van der Waals surface area contributed by atoms with Crippen LogP contribution in [0.5, 0.6) is 5.75 Å². The standard InChI is InChI=1S/C17H15NO5/c1-2-15(19)23-14-5-3-4-12(10-14)16(20)18-13-8-6-11(7-9-13)17(21)22/h3-10H,2H2,1H3,(H,18,20)(H,21,22). The third-order valence-corrected chi connectivity index (χ3v) is 3.01. The zero-order chi connectivity index (χ0) is 16.8. The molecule has 2 aromatic rings. The molecule has 0 saturated heterocycles. The Bertz CT molecular complexity index is 737. The van der Waals surface area contributed by atoms with Crippen LogP contribution in [0.15, 0.2) is 48.5 Å². The van der Waals surface area contributed by atoms with Crippen molar-refractivity contribution in [3.05, 3.63) is 59.7 Å². The highest BCUT2D eigenvalue weighted by atomic mass is 16.5. The van der Waals surface area contributed by atoms with Crippen molar-refractivity contribution in [1.82, 2.24) is 0 Å². The fourth-order valence-electron chi connectivity index (χ4n) is 1.80. The number of nitrogens with one attached hydrogen (secondary N) is 1. The molecular weight excluding hydrogens is 298 g/mol. The van der Waals surface area contributed by atoms with E-state index in [1.54, 1.807) is 25.1 Å². The molecule has 0 fully saturated rings. The fraction of sp³-hybridized carbons (Fsp3) is 0.118. The summed E-state index contributed by atoms with van der Waals surface area (Å²) in [5.74, 6) is -1.51. The number of carboxylic acid groups (broad SMARTS) is 1. The molecule has 0 radical (unpaired) electrons. The van der Waals surface area contributed by atoms with Gasteiger partial charge in [0.15, 0.2) is 0 Å². The number of carboxylic acids is 1. The van der Waals surface area contributed by atoms with Crippen molar-refractivity contribution in [2.24, 2.45) is 0 Å². The van der Waals surface area contributed by atoms with Crippen molar-refractivity contribution in [2.75, 3.05) is 5.32 Å². The van der Waals surface area contributed by atoms with Crippen molar-refractivity contribution in [2.45, 2.75) is 13.3 Å². The summed E-state index contributed by atoms with van der Waals surface area (Å²) in [5, 5.41) is 11.5. The predicted octanol–water partition coefficient (Wildman–Crippen LogP) is 2.95. The van der Waals surface area contributed by atoms with Crippen LogP contribution in [-0.4, -0.2) is 23.0 Å². The van der Waals surface area contributed by atoms with Gasteiger partial charge in [0, 0.05) is 17.7 Å². The molecule has 6 nitrogen and oxygen atoms in total. The highest BCUT2D eigenvalue weighted by Crippen LogP contribution is 2.16. The van der Waals surface area contributed by atoms with Crippen LogP contribution in [0.1, 0.15) is 34.1 Å². The van der Waals surface area contributed by atoms with Crippen molar-refractivity contribution in [3.8, 4) is 5.75 Å². The number of hydrogen-bond acceptors (Lipinski definition) is 4. The summed E-state index contributed by atoms with van der Waals surface area (Å²) in [7, 11) is 0. The fourth-order valence-corrected chi connectivity index (χ4v) is 1.80. The smallest absolute Gasteiger partial charge is 0.335 e. The van der Waals surface area contributed by atoms with Crippen LogP contribution in [-0.2, 0) is 4.79 Å². The van der Waals surface area contributed by atoms with E-state index in [1.807, 2.05) is 0 Å². The normalized spacial score (nSPS) is 9.96. The van der Waals surface area contributed by atoms with E-state index in [4.69, 9.17) is 9.84 Å². The highest BCUT2D eigenvalue weighted by molar-refractivity contribution is 6.04. The maximum atomic E-state index is 12.2. The Hall–Kier alpha value is -3.15. The first-order valence-electron chi connectivity index (χ1n) is 6.95. The molecule has 2 N–H and O–H groups in total. The molecular formula is C17H15NO5. The second kappa shape index (κ2) is 7.22. The van der Waals surface area contributed by atoms with Gasteiger partial charge in [0.25, 0.3) is 5.91 Å². The second-order valence-electron chi connectivity index (χ2n) is 4.69. The number of hydrogen-bond donors (Lipinski definition) is 2. The monoisotopic (exact) mass is 313 g/mol. The van der Waals surface area contributed by atoms with Crippen LogP contribution in [0.4, 0.5) is 5.69 Å². The Morgan fingerprint density at radius 3 is 2.35 bits per heavy atom. The predicted molar refractivity (Wildman–Crippen MR) is 83.7 cm³/mol. The number of aromatic carboxylic acids is 1. The van der Waals surface area contributed by atoms with E-state index in [9.17, 15) is 14.4 Å². The van der Waals surface area contributed by atoms with Crippen molar-refractivity contribution < 1.29 is 24.2 Å². The lowest BCUT2D eigenvalue weighted by Crippen LogP contribution is -2.13. The summed E-state index contributed by atoms with van der Waals surface area (Å²) in [4.78, 5) is 34.2. The quantitative estimate of drug-likeness (QED) is 0.654. The van der Waals surface area contributed by atoms with E-state index in [-0.39, 0.29) is 23.9 Å². The molecule has 0 unspecified atom stereocenters. The number of rotatable bonds is 5. The van der Waals surface area contributed by atoms with Gasteiger partial charge in [-0.3, -0.25) is 9.59 Å². The molecule has 0 aliphatic heterocycles. The van der Waals surface area contributed by atoms with Gasteiger partial charge in [-0.15, -0.1) is 0 Å². The highest BCUT2D eigenvalue weighted by Gasteiger charge is 2.09. The van der Waals surface area contributed by atoms with Crippen molar-refractivity contribution in [1.29, 1.82) is 0 Å². The van der Waals surface area contributed by atoms with Gasteiger partial charge in [0.2, 0.25) is 0 Å². The summed E-state index contributed by atoms with van der Waals surface area (Å²) in [6, 6.07) is 12.1. The van der Waals surface area contributed by atoms with Crippen LogP contribution >= 0.6 is 0 Å². The number of carbonyl (C=O) groups is 3. The van der Waals surface area contributed by atoms with Gasteiger partial charge in [0.05, 0.1) is 5.56 Å². The SMILES string of the molecule is CCC(=O)Oc1cccc(C(=O)Nc2ccc(C(=O)O)cc2)c1. The Morgan fingerprint density at radius 2 is 1.74 bits per heavy atom. The van der Waals surface area contributed by atoms with Crippen LogP contribution in [0.3, 0.4) is 0 Å². The number of ether oxygens (including phenoxy) is 1. The van der Waals surface area contributed by atoms with Gasteiger partial charge in [-0.1, -0.05) is 13.0 Å². The Morgan fingerprint density at radius 1 is 1.04 bits per heavy atom. The minimum atomic E-state index is -1.03. The minimum absolute atomic E-state index is 0.136. The van der Waals surface area contributed by atoms with Crippen LogP contribution in [0.2, 0.25) is 0 Å². The molecule has 0 spiro atoms. The van der Waals surface area contributed by atoms with E-state index in [0.717, 1.165) is 0 Å². The molecule has 6 heteroatoms. The lowest BCUT2D eigenvalue weighted by atomic mass is 10.1. The number of benzene rings is 2. The third kappa shape index (κ3) is 4.41. The maximum absolute atomic E-state index is 12.2. The van der Waals surface area contributed by atoms with Crippen molar-refractivity contribution >= 4 is 23.5 Å². The molecule has 2 rings (SSSR count). The molecule has 0 bridgehead atoms. The topological polar surface area (TPSA) is 92.7 Å². The van der Waals surface area contributed by atoms with Gasteiger partial charge >= 0.3 is 11.9 Å². The van der Waals surface area contributed by atoms with Crippen LogP contribution < -0.4 is 10.1 Å². The molecule has 0 heterocycles. The number of anilines is 1. The molecule has 0 saturated carbocycles. The van der Waals surface area contributed by atoms with E-state index in [0.29, 0.717) is 17.0 Å². The van der Waals surface area contributed by atoms with E-state index in [1.165, 1.54) is 30.3 Å². The first-order valence-corrected chi connectivity index (χ1v) is 6.95. The maximum Gasteiger partial charge on any atom is 0.335 e. The third-order valence-electron chi connectivity index (χ3n) is 3.01. The van der Waals surface area contributed by atoms with Gasteiger partial charge in [0.1, 0.15) is 5.75 Å². The second-order valence-corrected chi connectivity index (χ2v) is 4.69. The number of amides is 1. The zero-order valence-corrected chi connectivity index (χ0v) is 12.4. The molecule has 23 heavy (non-hydrogen) atoms. The average Bonchev–Trinajstić information content (AvgIpc) is 2.55. The summed E-state index contributed by atoms with van der Waals surface area (Å²) >= 11 is 0. The summed E-state index contributed by atoms with van der Waals surface area (Å²) < 4.78 is 5.06. The molecule has 118 valence electrons. The Balaban J connectivity index is 2.09. The molecule has 0 aromatic heterocycles. The molecule has 0 aliphatic carbocycles. The molecule has 0 aliphatic rings. The zero-order valence-electron chi connectivity index (χ0n) is 12.4. The van der Waals surface area contributed by atoms with Crippen LogP contribution in [0, 0.1) is 0 Å². The van der Waals surface area contributed by atoms with E-state index >= 15 is 0 Å². The van der Waals surface area contributed by atoms with Crippen LogP contribution in [0.25, 0.3) is 0 Å². The van der Waals surface area contributed by atoms with Gasteiger partial charge in [-0.05, 0) is 42.5 Å². The van der Waals surface area contributed by atoms with E-state index < -0.39 is 5.97 Å². The van der Waals surface area contributed by atoms with Crippen molar-refractivity contribution in [3.63, 3.8) is 0 Å². The van der Waals surface area contributed by atoms with Gasteiger partial charge < -0.3 is 15.2 Å². The van der Waals surface area contributed by atoms with Gasteiger partial charge in [-0.2, -0.15) is 0 Å². The van der Waals surface area contributed by atoms with E-state index in [2.05, 4.69) is 5.32 Å². The summed E-state index contributed by atoms with van der Waals surface area (Å²) in [6.45, 7) is 1.68.